The highest BCUT2D eigenvalue weighted by molar-refractivity contribution is 7.17. The van der Waals surface area contributed by atoms with Crippen LogP contribution in [0.2, 0.25) is 0 Å². The van der Waals surface area contributed by atoms with Crippen LogP contribution >= 0.6 is 11.3 Å². The first-order chi connectivity index (χ1) is 10.9. The smallest absolute Gasteiger partial charge is 0.251 e. The van der Waals surface area contributed by atoms with Crippen molar-refractivity contribution >= 4 is 34.1 Å². The van der Waals surface area contributed by atoms with Crippen LogP contribution in [0, 0.1) is 5.92 Å². The van der Waals surface area contributed by atoms with Crippen molar-refractivity contribution in [2.75, 3.05) is 5.32 Å². The van der Waals surface area contributed by atoms with Gasteiger partial charge in [0.15, 0.2) is 0 Å². The number of nitrogens with one attached hydrogen (secondary N) is 1. The van der Waals surface area contributed by atoms with E-state index >= 15 is 0 Å². The zero-order chi connectivity index (χ0) is 17.0. The second-order valence-electron chi connectivity index (χ2n) is 5.86. The first kappa shape index (κ1) is 17.5. The largest absolute Gasteiger partial charge is 0.550 e. The minimum absolute atomic E-state index is 0.0757. The van der Waals surface area contributed by atoms with Crippen LogP contribution in [-0.4, -0.2) is 17.8 Å². The number of carbonyl (C=O) groups excluding carboxylic acids is 3. The quantitative estimate of drug-likeness (QED) is 0.779. The third-order valence-corrected chi connectivity index (χ3v) is 5.40. The third-order valence-electron chi connectivity index (χ3n) is 4.23. The minimum atomic E-state index is -1.17. The second-order valence-corrected chi connectivity index (χ2v) is 6.97. The zero-order valence-electron chi connectivity index (χ0n) is 13.1. The van der Waals surface area contributed by atoms with Crippen LogP contribution in [0.3, 0.4) is 0 Å². The van der Waals surface area contributed by atoms with E-state index in [2.05, 4.69) is 12.2 Å². The fourth-order valence-corrected chi connectivity index (χ4v) is 4.32. The van der Waals surface area contributed by atoms with Crippen molar-refractivity contribution in [3.63, 3.8) is 0 Å². The normalized spacial score (nSPS) is 16.7. The predicted octanol–water partition coefficient (Wildman–Crippen LogP) is 1.22. The zero-order valence-corrected chi connectivity index (χ0v) is 14.0. The van der Waals surface area contributed by atoms with E-state index in [0.29, 0.717) is 16.5 Å². The summed E-state index contributed by atoms with van der Waals surface area (Å²) in [6, 6.07) is 0. The third kappa shape index (κ3) is 4.31. The van der Waals surface area contributed by atoms with Crippen molar-refractivity contribution in [1.82, 2.24) is 0 Å². The van der Waals surface area contributed by atoms with Gasteiger partial charge in [-0.3, -0.25) is 9.59 Å². The topological polar surface area (TPSA) is 112 Å². The summed E-state index contributed by atoms with van der Waals surface area (Å²) in [5.41, 5.74) is 6.89. The van der Waals surface area contributed by atoms with Crippen LogP contribution in [-0.2, 0) is 22.4 Å². The van der Waals surface area contributed by atoms with E-state index in [1.807, 2.05) is 0 Å². The van der Waals surface area contributed by atoms with Crippen molar-refractivity contribution in [2.24, 2.45) is 11.7 Å². The number of rotatable bonds is 7. The van der Waals surface area contributed by atoms with Crippen LogP contribution in [0.1, 0.15) is 59.8 Å². The Morgan fingerprint density at radius 3 is 2.70 bits per heavy atom. The van der Waals surface area contributed by atoms with E-state index in [4.69, 9.17) is 5.73 Å². The van der Waals surface area contributed by atoms with Crippen LogP contribution in [0.25, 0.3) is 0 Å². The summed E-state index contributed by atoms with van der Waals surface area (Å²) in [5.74, 6) is -1.40. The number of fused-ring (bicyclic) bond motifs is 1. The standard InChI is InChI=1S/C16H22N2O4S/c1-2-9-6-7-10-11(8-9)23-16(14(10)15(17)22)18-12(19)4-3-5-13(20)21/h9H,2-8H2,1H3,(H2,17,22)(H,18,19)(H,20,21)/p-1. The number of carboxylic acids is 1. The van der Waals surface area contributed by atoms with Gasteiger partial charge in [0.2, 0.25) is 5.91 Å². The van der Waals surface area contributed by atoms with Gasteiger partial charge in [-0.1, -0.05) is 13.3 Å². The lowest BCUT2D eigenvalue weighted by Gasteiger charge is -2.20. The van der Waals surface area contributed by atoms with E-state index in [-0.39, 0.29) is 25.2 Å². The van der Waals surface area contributed by atoms with E-state index in [0.717, 1.165) is 36.1 Å². The molecule has 126 valence electrons. The van der Waals surface area contributed by atoms with Gasteiger partial charge in [0.05, 0.1) is 5.56 Å². The molecule has 2 amide bonds. The summed E-state index contributed by atoms with van der Waals surface area (Å²) >= 11 is 1.42. The summed E-state index contributed by atoms with van der Waals surface area (Å²) in [5, 5.41) is 13.6. The molecule has 0 fully saturated rings. The van der Waals surface area contributed by atoms with Crippen molar-refractivity contribution < 1.29 is 19.5 Å². The molecule has 0 saturated heterocycles. The van der Waals surface area contributed by atoms with Gasteiger partial charge in [0, 0.05) is 17.3 Å². The maximum atomic E-state index is 11.9. The Hall–Kier alpha value is -1.89. The Morgan fingerprint density at radius 1 is 1.35 bits per heavy atom. The van der Waals surface area contributed by atoms with Gasteiger partial charge in [-0.05, 0) is 43.6 Å². The number of amides is 2. The SMILES string of the molecule is CCC1CCc2c(sc(NC(=O)CCCC(=O)[O-])c2C(N)=O)C1. The monoisotopic (exact) mass is 337 g/mol. The number of carbonyl (C=O) groups is 3. The molecule has 1 aromatic heterocycles. The first-order valence-electron chi connectivity index (χ1n) is 7.86. The van der Waals surface area contributed by atoms with Crippen LogP contribution in [0.4, 0.5) is 5.00 Å². The molecule has 6 nitrogen and oxygen atoms in total. The Morgan fingerprint density at radius 2 is 2.09 bits per heavy atom. The van der Waals surface area contributed by atoms with E-state index in [1.165, 1.54) is 11.3 Å². The number of aliphatic carboxylic acids is 1. The second kappa shape index (κ2) is 7.59. The molecule has 0 bridgehead atoms. The molecule has 7 heteroatoms. The van der Waals surface area contributed by atoms with Gasteiger partial charge in [0.1, 0.15) is 5.00 Å². The molecule has 0 spiro atoms. The molecule has 1 heterocycles. The molecule has 1 aliphatic rings. The number of thiophene rings is 1. The summed E-state index contributed by atoms with van der Waals surface area (Å²) in [7, 11) is 0. The lowest BCUT2D eigenvalue weighted by molar-refractivity contribution is -0.305. The Labute approximate surface area is 139 Å². The fourth-order valence-electron chi connectivity index (χ4n) is 2.93. The number of nitrogens with two attached hydrogens (primary N) is 1. The summed E-state index contributed by atoms with van der Waals surface area (Å²) in [6.45, 7) is 2.15. The van der Waals surface area contributed by atoms with Crippen LogP contribution in [0.15, 0.2) is 0 Å². The highest BCUT2D eigenvalue weighted by atomic mass is 32.1. The van der Waals surface area contributed by atoms with Crippen molar-refractivity contribution in [1.29, 1.82) is 0 Å². The Kier molecular flexibility index (Phi) is 5.76. The number of carboxylic acid groups (broad SMARTS) is 1. The van der Waals surface area contributed by atoms with Gasteiger partial charge < -0.3 is 21.0 Å². The van der Waals surface area contributed by atoms with E-state index in [9.17, 15) is 19.5 Å². The van der Waals surface area contributed by atoms with E-state index in [1.54, 1.807) is 0 Å². The average molecular weight is 337 g/mol. The number of primary amides is 1. The Balaban J connectivity index is 2.12. The average Bonchev–Trinajstić information content (AvgIpc) is 2.83. The van der Waals surface area contributed by atoms with Gasteiger partial charge in [-0.15, -0.1) is 11.3 Å². The van der Waals surface area contributed by atoms with Crippen molar-refractivity contribution in [2.45, 2.75) is 51.9 Å². The van der Waals surface area contributed by atoms with Gasteiger partial charge >= 0.3 is 0 Å². The molecule has 1 aliphatic carbocycles. The molecule has 0 aliphatic heterocycles. The van der Waals surface area contributed by atoms with Crippen molar-refractivity contribution in [3.8, 4) is 0 Å². The molecular formula is C16H21N2O4S-. The molecule has 0 radical (unpaired) electrons. The maximum Gasteiger partial charge on any atom is 0.251 e. The lowest BCUT2D eigenvalue weighted by atomic mass is 9.85. The number of anilines is 1. The highest BCUT2D eigenvalue weighted by Crippen LogP contribution is 2.40. The van der Waals surface area contributed by atoms with Crippen LogP contribution in [0.5, 0.6) is 0 Å². The summed E-state index contributed by atoms with van der Waals surface area (Å²) in [4.78, 5) is 35.2. The van der Waals surface area contributed by atoms with Gasteiger partial charge in [0.25, 0.3) is 5.91 Å². The van der Waals surface area contributed by atoms with Gasteiger partial charge in [-0.25, -0.2) is 0 Å². The van der Waals surface area contributed by atoms with Gasteiger partial charge in [-0.2, -0.15) is 0 Å². The molecule has 0 aromatic carbocycles. The first-order valence-corrected chi connectivity index (χ1v) is 8.68. The molecule has 1 atom stereocenters. The summed E-state index contributed by atoms with van der Waals surface area (Å²) in [6.07, 6.45) is 3.97. The fraction of sp³-hybridized carbons (Fsp3) is 0.562. The molecule has 23 heavy (non-hydrogen) atoms. The predicted molar refractivity (Wildman–Crippen MR) is 86.1 cm³/mol. The molecule has 3 N–H and O–H groups in total. The lowest BCUT2D eigenvalue weighted by Crippen LogP contribution is -2.22. The Bertz CT molecular complexity index is 624. The molecule has 2 rings (SSSR count). The minimum Gasteiger partial charge on any atom is -0.550 e. The van der Waals surface area contributed by atoms with E-state index < -0.39 is 11.9 Å². The maximum absolute atomic E-state index is 11.9. The van der Waals surface area contributed by atoms with Crippen LogP contribution < -0.4 is 16.2 Å². The van der Waals surface area contributed by atoms with Crippen molar-refractivity contribution in [3.05, 3.63) is 16.0 Å². The molecule has 1 unspecified atom stereocenters. The number of hydrogen-bond acceptors (Lipinski definition) is 5. The number of hydrogen-bond donors (Lipinski definition) is 2. The highest BCUT2D eigenvalue weighted by Gasteiger charge is 2.27. The summed E-state index contributed by atoms with van der Waals surface area (Å²) < 4.78 is 0. The molecule has 0 saturated carbocycles. The molecule has 1 aromatic rings. The molecular weight excluding hydrogens is 316 g/mol.